The van der Waals surface area contributed by atoms with E-state index >= 15 is 0 Å². The van der Waals surface area contributed by atoms with Crippen LogP contribution < -0.4 is 5.32 Å². The van der Waals surface area contributed by atoms with Gasteiger partial charge in [-0.05, 0) is 56.5 Å². The van der Waals surface area contributed by atoms with Crippen molar-refractivity contribution < 1.29 is 4.79 Å². The van der Waals surface area contributed by atoms with Crippen molar-refractivity contribution in [1.29, 1.82) is 0 Å². The van der Waals surface area contributed by atoms with Crippen molar-refractivity contribution >= 4 is 22.5 Å². The molecule has 0 spiro atoms. The molecule has 2 aromatic carbocycles. The van der Waals surface area contributed by atoms with Crippen LogP contribution in [0.5, 0.6) is 0 Å². The van der Waals surface area contributed by atoms with Gasteiger partial charge in [0.25, 0.3) is 0 Å². The van der Waals surface area contributed by atoms with E-state index < -0.39 is 0 Å². The molecule has 1 aliphatic heterocycles. The highest BCUT2D eigenvalue weighted by Crippen LogP contribution is 2.25. The van der Waals surface area contributed by atoms with Gasteiger partial charge >= 0.3 is 0 Å². The minimum atomic E-state index is -0.0929. The van der Waals surface area contributed by atoms with Gasteiger partial charge in [0.15, 0.2) is 0 Å². The summed E-state index contributed by atoms with van der Waals surface area (Å²) in [6.07, 6.45) is 3.78. The number of hydrogen-bond donors (Lipinski definition) is 1. The van der Waals surface area contributed by atoms with Crippen molar-refractivity contribution in [1.82, 2.24) is 9.88 Å². The van der Waals surface area contributed by atoms with E-state index in [1.54, 1.807) is 0 Å². The summed E-state index contributed by atoms with van der Waals surface area (Å²) in [4.78, 5) is 19.8. The lowest BCUT2D eigenvalue weighted by Crippen LogP contribution is -2.39. The number of hydrogen-bond acceptors (Lipinski definition) is 3. The highest BCUT2D eigenvalue weighted by Gasteiger charge is 2.31. The molecule has 0 saturated carbocycles. The predicted octanol–water partition coefficient (Wildman–Crippen LogP) is 4.45. The third-order valence-electron chi connectivity index (χ3n) is 5.40. The molecule has 3 aromatic rings. The quantitative estimate of drug-likeness (QED) is 0.748. The van der Waals surface area contributed by atoms with E-state index in [4.69, 9.17) is 0 Å². The molecule has 1 unspecified atom stereocenters. The number of aryl methyl sites for hydroxylation is 2. The number of likely N-dealkylation sites (tertiary alicyclic amines) is 1. The highest BCUT2D eigenvalue weighted by molar-refractivity contribution is 5.95. The first kappa shape index (κ1) is 17.7. The van der Waals surface area contributed by atoms with Crippen LogP contribution >= 0.6 is 0 Å². The van der Waals surface area contributed by atoms with Gasteiger partial charge in [0.1, 0.15) is 0 Å². The van der Waals surface area contributed by atoms with Gasteiger partial charge in [-0.3, -0.25) is 14.7 Å². The van der Waals surface area contributed by atoms with Crippen molar-refractivity contribution in [2.45, 2.75) is 39.3 Å². The van der Waals surface area contributed by atoms with Gasteiger partial charge in [-0.2, -0.15) is 0 Å². The minimum absolute atomic E-state index is 0.0904. The maximum absolute atomic E-state index is 12.9. The molecule has 0 aliphatic carbocycles. The lowest BCUT2D eigenvalue weighted by atomic mass is 10.1. The predicted molar refractivity (Wildman–Crippen MR) is 110 cm³/mol. The van der Waals surface area contributed by atoms with Crippen molar-refractivity contribution in [3.8, 4) is 0 Å². The average Bonchev–Trinajstić information content (AvgIpc) is 3.13. The Labute approximate surface area is 160 Å². The van der Waals surface area contributed by atoms with Gasteiger partial charge in [0, 0.05) is 23.8 Å². The molecule has 1 aliphatic rings. The number of aromatic nitrogens is 1. The average molecular weight is 359 g/mol. The molecular formula is C23H25N3O. The summed E-state index contributed by atoms with van der Waals surface area (Å²) in [5.74, 6) is 0.0904. The minimum Gasteiger partial charge on any atom is -0.324 e. The van der Waals surface area contributed by atoms with Crippen molar-refractivity contribution in [3.05, 3.63) is 71.4 Å². The Bertz CT molecular complexity index is 977. The fraction of sp³-hybridized carbons (Fsp3) is 0.304. The summed E-state index contributed by atoms with van der Waals surface area (Å²) in [5.41, 5.74) is 5.42. The van der Waals surface area contributed by atoms with Crippen LogP contribution in [0, 0.1) is 13.8 Å². The largest absolute Gasteiger partial charge is 0.324 e. The Balaban J connectivity index is 1.52. The van der Waals surface area contributed by atoms with E-state index in [1.807, 2.05) is 31.3 Å². The number of para-hydroxylation sites is 1. The topological polar surface area (TPSA) is 45.2 Å². The van der Waals surface area contributed by atoms with Crippen LogP contribution in [0.4, 0.5) is 5.69 Å². The van der Waals surface area contributed by atoms with E-state index in [-0.39, 0.29) is 11.9 Å². The van der Waals surface area contributed by atoms with Gasteiger partial charge in [0.05, 0.1) is 11.6 Å². The molecule has 0 radical (unpaired) electrons. The maximum atomic E-state index is 12.9. The number of benzene rings is 2. The molecule has 1 fully saturated rings. The molecule has 1 amide bonds. The molecule has 1 saturated heterocycles. The molecule has 4 heteroatoms. The molecule has 2 heterocycles. The normalized spacial score (nSPS) is 17.3. The number of nitrogens with zero attached hydrogens (tertiary/aromatic N) is 2. The number of amides is 1. The van der Waals surface area contributed by atoms with Crippen molar-refractivity contribution in [3.63, 3.8) is 0 Å². The Kier molecular flexibility index (Phi) is 4.90. The Morgan fingerprint density at radius 3 is 2.89 bits per heavy atom. The van der Waals surface area contributed by atoms with Crippen LogP contribution in [0.25, 0.3) is 10.9 Å². The molecule has 0 bridgehead atoms. The first-order chi connectivity index (χ1) is 13.1. The molecule has 1 atom stereocenters. The number of anilines is 1. The van der Waals surface area contributed by atoms with Crippen LogP contribution in [0.15, 0.2) is 54.7 Å². The monoisotopic (exact) mass is 359 g/mol. The summed E-state index contributed by atoms with van der Waals surface area (Å²) in [5, 5.41) is 4.28. The third-order valence-corrected chi connectivity index (χ3v) is 5.40. The number of pyridine rings is 1. The summed E-state index contributed by atoms with van der Waals surface area (Å²) in [7, 11) is 0. The molecule has 4 rings (SSSR count). The van der Waals surface area contributed by atoms with Crippen LogP contribution in [0.1, 0.15) is 29.5 Å². The second kappa shape index (κ2) is 7.49. The number of nitrogens with one attached hydrogen (secondary N) is 1. The van der Waals surface area contributed by atoms with E-state index in [9.17, 15) is 4.79 Å². The van der Waals surface area contributed by atoms with E-state index in [0.29, 0.717) is 0 Å². The molecular weight excluding hydrogens is 334 g/mol. The van der Waals surface area contributed by atoms with Crippen LogP contribution in [-0.4, -0.2) is 28.4 Å². The number of carbonyl (C=O) groups excluding carboxylic acids is 1. The lowest BCUT2D eigenvalue weighted by molar-refractivity contribution is -0.120. The van der Waals surface area contributed by atoms with E-state index in [2.05, 4.69) is 52.5 Å². The first-order valence-electron chi connectivity index (χ1n) is 9.56. The fourth-order valence-electron chi connectivity index (χ4n) is 4.00. The molecule has 138 valence electrons. The lowest BCUT2D eigenvalue weighted by Gasteiger charge is -2.24. The summed E-state index contributed by atoms with van der Waals surface area (Å²) in [6.45, 7) is 5.79. The summed E-state index contributed by atoms with van der Waals surface area (Å²) >= 11 is 0. The molecule has 1 N–H and O–H groups in total. The molecule has 1 aromatic heterocycles. The zero-order chi connectivity index (χ0) is 18.8. The second-order valence-electron chi connectivity index (χ2n) is 7.43. The Morgan fingerprint density at radius 1 is 1.19 bits per heavy atom. The van der Waals surface area contributed by atoms with Gasteiger partial charge < -0.3 is 5.32 Å². The third kappa shape index (κ3) is 3.71. The summed E-state index contributed by atoms with van der Waals surface area (Å²) in [6, 6.07) is 16.4. The fourth-order valence-corrected chi connectivity index (χ4v) is 4.00. The van der Waals surface area contributed by atoms with Gasteiger partial charge in [-0.25, -0.2) is 0 Å². The van der Waals surface area contributed by atoms with Gasteiger partial charge in [0.2, 0.25) is 5.91 Å². The highest BCUT2D eigenvalue weighted by atomic mass is 16.2. The summed E-state index contributed by atoms with van der Waals surface area (Å²) < 4.78 is 0. The standard InChI is InChI=1S/C23H25N3O/c1-16-10-11-20(17(2)14-16)25-23(27)21-9-5-13-26(21)15-19-7-3-6-18-8-4-12-24-22(18)19/h3-4,6-8,10-12,14,21H,5,9,13,15H2,1-2H3,(H,25,27). The van der Waals surface area contributed by atoms with Gasteiger partial charge in [-0.15, -0.1) is 0 Å². The van der Waals surface area contributed by atoms with E-state index in [0.717, 1.165) is 48.1 Å². The Hall–Kier alpha value is -2.72. The van der Waals surface area contributed by atoms with Crippen LogP contribution in [0.2, 0.25) is 0 Å². The number of fused-ring (bicyclic) bond motifs is 1. The molecule has 4 nitrogen and oxygen atoms in total. The smallest absolute Gasteiger partial charge is 0.241 e. The SMILES string of the molecule is Cc1ccc(NC(=O)C2CCCN2Cc2cccc3cccnc23)c(C)c1. The first-order valence-corrected chi connectivity index (χ1v) is 9.56. The Morgan fingerprint density at radius 2 is 2.04 bits per heavy atom. The maximum Gasteiger partial charge on any atom is 0.241 e. The van der Waals surface area contributed by atoms with E-state index in [1.165, 1.54) is 11.1 Å². The zero-order valence-corrected chi connectivity index (χ0v) is 15.9. The van der Waals surface area contributed by atoms with Crippen LogP contribution in [0.3, 0.4) is 0 Å². The van der Waals surface area contributed by atoms with Crippen LogP contribution in [-0.2, 0) is 11.3 Å². The number of rotatable bonds is 4. The van der Waals surface area contributed by atoms with Gasteiger partial charge in [-0.1, -0.05) is 42.0 Å². The van der Waals surface area contributed by atoms with Crippen molar-refractivity contribution in [2.24, 2.45) is 0 Å². The van der Waals surface area contributed by atoms with Crippen molar-refractivity contribution in [2.75, 3.05) is 11.9 Å². The number of carbonyl (C=O) groups is 1. The molecule has 27 heavy (non-hydrogen) atoms. The zero-order valence-electron chi connectivity index (χ0n) is 15.9. The second-order valence-corrected chi connectivity index (χ2v) is 7.43.